The van der Waals surface area contributed by atoms with Crippen molar-refractivity contribution in [2.45, 2.75) is 20.1 Å². The molecular weight excluding hydrogens is 312 g/mol. The van der Waals surface area contributed by atoms with Crippen molar-refractivity contribution in [3.05, 3.63) is 63.4 Å². The summed E-state index contributed by atoms with van der Waals surface area (Å²) in [5.74, 6) is 0.250. The molecule has 0 saturated carbocycles. The molecule has 0 radical (unpaired) electrons. The molecule has 2 nitrogen and oxygen atoms in total. The molecule has 0 aliphatic carbocycles. The van der Waals surface area contributed by atoms with Gasteiger partial charge in [-0.25, -0.2) is 4.39 Å². The van der Waals surface area contributed by atoms with E-state index in [-0.39, 0.29) is 12.4 Å². The number of hydrogen-bond acceptors (Lipinski definition) is 2. The standard InChI is InChI=1S/C16H16Cl2FNO/c1-2-20-9-11-13(17)6-4-8-16(11)21-10-12-14(18)5-3-7-15(12)19/h3-8,20H,2,9-10H2,1H3. The topological polar surface area (TPSA) is 21.3 Å². The van der Waals surface area contributed by atoms with Gasteiger partial charge in [0.05, 0.1) is 5.02 Å². The first-order chi connectivity index (χ1) is 10.1. The van der Waals surface area contributed by atoms with Gasteiger partial charge in [0, 0.05) is 22.7 Å². The molecule has 0 unspecified atom stereocenters. The van der Waals surface area contributed by atoms with Crippen molar-refractivity contribution in [2.75, 3.05) is 6.54 Å². The highest BCUT2D eigenvalue weighted by atomic mass is 35.5. The first-order valence-electron chi connectivity index (χ1n) is 6.67. The fourth-order valence-corrected chi connectivity index (χ4v) is 2.37. The Morgan fingerprint density at radius 3 is 2.38 bits per heavy atom. The van der Waals surface area contributed by atoms with E-state index in [0.717, 1.165) is 12.1 Å². The van der Waals surface area contributed by atoms with Gasteiger partial charge in [-0.2, -0.15) is 0 Å². The molecular formula is C16H16Cl2FNO. The van der Waals surface area contributed by atoms with Crippen LogP contribution in [0.1, 0.15) is 18.1 Å². The van der Waals surface area contributed by atoms with Gasteiger partial charge in [0.25, 0.3) is 0 Å². The van der Waals surface area contributed by atoms with E-state index < -0.39 is 0 Å². The van der Waals surface area contributed by atoms with Gasteiger partial charge in [0.2, 0.25) is 0 Å². The van der Waals surface area contributed by atoms with Gasteiger partial charge in [-0.05, 0) is 30.8 Å². The minimum atomic E-state index is -0.377. The first-order valence-corrected chi connectivity index (χ1v) is 7.43. The molecule has 1 N–H and O–H groups in total. The van der Waals surface area contributed by atoms with Crippen molar-refractivity contribution in [3.63, 3.8) is 0 Å². The second kappa shape index (κ2) is 7.64. The van der Waals surface area contributed by atoms with Crippen LogP contribution in [-0.2, 0) is 13.2 Å². The fourth-order valence-electron chi connectivity index (χ4n) is 1.92. The van der Waals surface area contributed by atoms with E-state index >= 15 is 0 Å². The molecule has 0 saturated heterocycles. The number of hydrogen-bond donors (Lipinski definition) is 1. The second-order valence-corrected chi connectivity index (χ2v) is 5.30. The van der Waals surface area contributed by atoms with Crippen LogP contribution in [0.5, 0.6) is 5.75 Å². The van der Waals surface area contributed by atoms with E-state index in [9.17, 15) is 4.39 Å². The van der Waals surface area contributed by atoms with Crippen LogP contribution in [0.2, 0.25) is 10.0 Å². The fraction of sp³-hybridized carbons (Fsp3) is 0.250. The van der Waals surface area contributed by atoms with Crippen LogP contribution in [0.15, 0.2) is 36.4 Å². The highest BCUT2D eigenvalue weighted by Crippen LogP contribution is 2.28. The van der Waals surface area contributed by atoms with Crippen LogP contribution in [0.3, 0.4) is 0 Å². The molecule has 2 aromatic rings. The Balaban J connectivity index is 2.18. The van der Waals surface area contributed by atoms with Crippen molar-refractivity contribution in [1.82, 2.24) is 5.32 Å². The van der Waals surface area contributed by atoms with Crippen molar-refractivity contribution < 1.29 is 9.13 Å². The maximum atomic E-state index is 13.7. The van der Waals surface area contributed by atoms with E-state index in [1.807, 2.05) is 13.0 Å². The lowest BCUT2D eigenvalue weighted by Crippen LogP contribution is -2.13. The minimum absolute atomic E-state index is 0.0605. The average Bonchev–Trinajstić information content (AvgIpc) is 2.46. The summed E-state index contributed by atoms with van der Waals surface area (Å²) in [6, 6.07) is 9.99. The Hall–Kier alpha value is -1.29. The Morgan fingerprint density at radius 1 is 1.05 bits per heavy atom. The molecule has 0 amide bonds. The zero-order valence-electron chi connectivity index (χ0n) is 11.6. The average molecular weight is 328 g/mol. The van der Waals surface area contributed by atoms with E-state index in [1.165, 1.54) is 6.07 Å². The van der Waals surface area contributed by atoms with Gasteiger partial charge in [-0.1, -0.05) is 42.3 Å². The molecule has 2 rings (SSSR count). The molecule has 21 heavy (non-hydrogen) atoms. The SMILES string of the molecule is CCNCc1c(Cl)cccc1OCc1c(F)cccc1Cl. The van der Waals surface area contributed by atoms with E-state index in [4.69, 9.17) is 27.9 Å². The predicted molar refractivity (Wildman–Crippen MR) is 84.6 cm³/mol. The summed E-state index contributed by atoms with van der Waals surface area (Å²) in [4.78, 5) is 0. The van der Waals surface area contributed by atoms with Crippen LogP contribution < -0.4 is 10.1 Å². The number of ether oxygens (including phenoxy) is 1. The monoisotopic (exact) mass is 327 g/mol. The summed E-state index contributed by atoms with van der Waals surface area (Å²) in [5.41, 5.74) is 1.20. The van der Waals surface area contributed by atoms with Crippen LogP contribution in [0, 0.1) is 5.82 Å². The maximum absolute atomic E-state index is 13.7. The predicted octanol–water partition coefficient (Wildman–Crippen LogP) is 4.82. The third-order valence-corrected chi connectivity index (χ3v) is 3.77. The lowest BCUT2D eigenvalue weighted by atomic mass is 10.2. The first kappa shape index (κ1) is 16.1. The Kier molecular flexibility index (Phi) is 5.85. The molecule has 0 heterocycles. The van der Waals surface area contributed by atoms with Gasteiger partial charge < -0.3 is 10.1 Å². The van der Waals surface area contributed by atoms with E-state index in [0.29, 0.717) is 27.9 Å². The van der Waals surface area contributed by atoms with E-state index in [1.54, 1.807) is 24.3 Å². The summed E-state index contributed by atoms with van der Waals surface area (Å²) in [5, 5.41) is 4.17. The molecule has 112 valence electrons. The van der Waals surface area contributed by atoms with Crippen LogP contribution >= 0.6 is 23.2 Å². The van der Waals surface area contributed by atoms with Gasteiger partial charge in [0.15, 0.2) is 0 Å². The number of nitrogens with one attached hydrogen (secondary N) is 1. The molecule has 0 atom stereocenters. The van der Waals surface area contributed by atoms with Gasteiger partial charge in [0.1, 0.15) is 18.2 Å². The highest BCUT2D eigenvalue weighted by molar-refractivity contribution is 6.31. The van der Waals surface area contributed by atoms with Crippen molar-refractivity contribution in [3.8, 4) is 5.75 Å². The summed E-state index contributed by atoms with van der Waals surface area (Å²) in [7, 11) is 0. The van der Waals surface area contributed by atoms with Gasteiger partial charge >= 0.3 is 0 Å². The van der Waals surface area contributed by atoms with Crippen LogP contribution in [0.4, 0.5) is 4.39 Å². The molecule has 0 bridgehead atoms. The van der Waals surface area contributed by atoms with Crippen molar-refractivity contribution in [2.24, 2.45) is 0 Å². The maximum Gasteiger partial charge on any atom is 0.131 e. The molecule has 0 fully saturated rings. The number of halogens is 3. The molecule has 0 spiro atoms. The number of rotatable bonds is 6. The van der Waals surface area contributed by atoms with Crippen molar-refractivity contribution >= 4 is 23.2 Å². The summed E-state index contributed by atoms with van der Waals surface area (Å²) >= 11 is 12.2. The Labute approximate surface area is 133 Å². The smallest absolute Gasteiger partial charge is 0.131 e. The molecule has 5 heteroatoms. The Bertz CT molecular complexity index is 599. The summed E-state index contributed by atoms with van der Waals surface area (Å²) in [6.45, 7) is 3.49. The van der Waals surface area contributed by atoms with Gasteiger partial charge in [-0.15, -0.1) is 0 Å². The second-order valence-electron chi connectivity index (χ2n) is 4.49. The zero-order chi connectivity index (χ0) is 15.2. The van der Waals surface area contributed by atoms with Crippen LogP contribution in [0.25, 0.3) is 0 Å². The molecule has 0 aliphatic rings. The Morgan fingerprint density at radius 2 is 1.71 bits per heavy atom. The lowest BCUT2D eigenvalue weighted by Gasteiger charge is -2.14. The normalized spacial score (nSPS) is 10.7. The molecule has 0 aliphatic heterocycles. The quantitative estimate of drug-likeness (QED) is 0.821. The van der Waals surface area contributed by atoms with Crippen LogP contribution in [-0.4, -0.2) is 6.54 Å². The highest BCUT2D eigenvalue weighted by Gasteiger charge is 2.11. The summed E-state index contributed by atoms with van der Waals surface area (Å²) < 4.78 is 19.4. The van der Waals surface area contributed by atoms with E-state index in [2.05, 4.69) is 5.32 Å². The molecule has 0 aromatic heterocycles. The third-order valence-electron chi connectivity index (χ3n) is 3.06. The summed E-state index contributed by atoms with van der Waals surface area (Å²) in [6.07, 6.45) is 0. The van der Waals surface area contributed by atoms with Gasteiger partial charge in [-0.3, -0.25) is 0 Å². The minimum Gasteiger partial charge on any atom is -0.488 e. The third kappa shape index (κ3) is 4.10. The number of benzene rings is 2. The largest absolute Gasteiger partial charge is 0.488 e. The lowest BCUT2D eigenvalue weighted by molar-refractivity contribution is 0.296. The zero-order valence-corrected chi connectivity index (χ0v) is 13.1. The molecule has 2 aromatic carbocycles. The van der Waals surface area contributed by atoms with Crippen molar-refractivity contribution in [1.29, 1.82) is 0 Å².